The van der Waals surface area contributed by atoms with Crippen molar-refractivity contribution in [1.29, 1.82) is 0 Å². The zero-order valence-electron chi connectivity index (χ0n) is 15.1. The number of para-hydroxylation sites is 1. The Morgan fingerprint density at radius 2 is 1.80 bits per heavy atom. The zero-order chi connectivity index (χ0) is 18.0. The van der Waals surface area contributed by atoms with Crippen molar-refractivity contribution in [2.75, 3.05) is 18.6 Å². The topological polar surface area (TPSA) is 38.8 Å². The Morgan fingerprint density at radius 3 is 2.48 bits per heavy atom. The molecule has 0 bridgehead atoms. The van der Waals surface area contributed by atoms with Crippen LogP contribution in [0.2, 0.25) is 0 Å². The number of rotatable bonds is 4. The molecular weight excluding hydrogens is 314 g/mol. The summed E-state index contributed by atoms with van der Waals surface area (Å²) in [5, 5.41) is 0. The van der Waals surface area contributed by atoms with Crippen LogP contribution in [0.15, 0.2) is 54.6 Å². The summed E-state index contributed by atoms with van der Waals surface area (Å²) in [6.07, 6.45) is 2.11. The fourth-order valence-corrected chi connectivity index (χ4v) is 3.32. The van der Waals surface area contributed by atoms with Crippen LogP contribution in [-0.4, -0.2) is 25.2 Å². The zero-order valence-corrected chi connectivity index (χ0v) is 15.1. The first-order valence-electron chi connectivity index (χ1n) is 8.31. The molecule has 1 aliphatic heterocycles. The Bertz CT molecular complexity index is 809. The van der Waals surface area contributed by atoms with Gasteiger partial charge in [-0.2, -0.15) is 0 Å². The fourth-order valence-electron chi connectivity index (χ4n) is 3.32. The number of carbonyl (C=O) groups is 1. The summed E-state index contributed by atoms with van der Waals surface area (Å²) in [5.74, 6) is 1.38. The van der Waals surface area contributed by atoms with Crippen LogP contribution in [-0.2, 0) is 4.79 Å². The molecule has 0 spiro atoms. The third kappa shape index (κ3) is 3.38. The number of fused-ring (bicyclic) bond motifs is 1. The summed E-state index contributed by atoms with van der Waals surface area (Å²) in [6.45, 7) is 6.11. The predicted molar refractivity (Wildman–Crippen MR) is 100 cm³/mol. The average molecular weight is 337 g/mol. The van der Waals surface area contributed by atoms with Gasteiger partial charge in [-0.15, -0.1) is 0 Å². The molecule has 0 radical (unpaired) electrons. The molecule has 3 rings (SSSR count). The van der Waals surface area contributed by atoms with Gasteiger partial charge < -0.3 is 9.47 Å². The van der Waals surface area contributed by atoms with E-state index in [9.17, 15) is 4.79 Å². The maximum atomic E-state index is 13.0. The molecule has 0 atom stereocenters. The second-order valence-corrected chi connectivity index (χ2v) is 6.69. The van der Waals surface area contributed by atoms with Gasteiger partial charge in [-0.1, -0.05) is 24.3 Å². The van der Waals surface area contributed by atoms with E-state index in [1.54, 1.807) is 12.0 Å². The quantitative estimate of drug-likeness (QED) is 0.835. The molecular formula is C21H23NO3. The molecule has 0 unspecified atom stereocenters. The largest absolute Gasteiger partial charge is 0.497 e. The number of amides is 1. The van der Waals surface area contributed by atoms with Gasteiger partial charge in [0.15, 0.2) is 6.61 Å². The maximum Gasteiger partial charge on any atom is 0.265 e. The molecule has 1 amide bonds. The number of nitrogens with zero attached hydrogens (tertiary/aromatic N) is 1. The van der Waals surface area contributed by atoms with E-state index in [4.69, 9.17) is 9.47 Å². The Morgan fingerprint density at radius 1 is 1.08 bits per heavy atom. The van der Waals surface area contributed by atoms with Crippen molar-refractivity contribution >= 4 is 17.2 Å². The number of methoxy groups -OCH3 is 1. The minimum absolute atomic E-state index is 0.00813. The smallest absolute Gasteiger partial charge is 0.265 e. The summed E-state index contributed by atoms with van der Waals surface area (Å²) in [7, 11) is 1.64. The third-order valence-electron chi connectivity index (χ3n) is 4.37. The monoisotopic (exact) mass is 337 g/mol. The van der Waals surface area contributed by atoms with Gasteiger partial charge in [-0.3, -0.25) is 9.69 Å². The second-order valence-electron chi connectivity index (χ2n) is 6.69. The van der Waals surface area contributed by atoms with E-state index < -0.39 is 5.54 Å². The normalized spacial score (nSPS) is 15.2. The summed E-state index contributed by atoms with van der Waals surface area (Å²) in [5.41, 5.74) is 2.59. The highest BCUT2D eigenvalue weighted by Gasteiger charge is 2.36. The number of allylic oxidation sites excluding steroid dienone is 1. The number of hydrogen-bond donors (Lipinski definition) is 0. The standard InChI is InChI=1S/C21H23NO3/c1-15-13-21(2,3)22(19-11-10-17(24-4)12-18(15)19)20(23)14-25-16-8-6-5-7-9-16/h5-13H,14H2,1-4H3. The van der Waals surface area contributed by atoms with Crippen molar-refractivity contribution in [3.8, 4) is 11.5 Å². The van der Waals surface area contributed by atoms with Crippen molar-refractivity contribution in [1.82, 2.24) is 0 Å². The minimum atomic E-state index is -0.428. The minimum Gasteiger partial charge on any atom is -0.497 e. The molecule has 2 aromatic rings. The molecule has 25 heavy (non-hydrogen) atoms. The molecule has 0 saturated carbocycles. The molecule has 0 aliphatic carbocycles. The molecule has 1 heterocycles. The van der Waals surface area contributed by atoms with Crippen LogP contribution >= 0.6 is 0 Å². The first kappa shape index (κ1) is 17.1. The highest BCUT2D eigenvalue weighted by atomic mass is 16.5. The van der Waals surface area contributed by atoms with E-state index in [2.05, 4.69) is 13.0 Å². The Hall–Kier alpha value is -2.75. The lowest BCUT2D eigenvalue weighted by molar-refractivity contribution is -0.121. The number of hydrogen-bond acceptors (Lipinski definition) is 3. The van der Waals surface area contributed by atoms with Gasteiger partial charge >= 0.3 is 0 Å². The number of ether oxygens (including phenoxy) is 2. The van der Waals surface area contributed by atoms with E-state index in [1.165, 1.54) is 0 Å². The van der Waals surface area contributed by atoms with Crippen LogP contribution in [0.3, 0.4) is 0 Å². The molecule has 4 nitrogen and oxygen atoms in total. The lowest BCUT2D eigenvalue weighted by Gasteiger charge is -2.41. The molecule has 1 aliphatic rings. The summed E-state index contributed by atoms with van der Waals surface area (Å²) < 4.78 is 11.0. The third-order valence-corrected chi connectivity index (χ3v) is 4.37. The van der Waals surface area contributed by atoms with Crippen molar-refractivity contribution in [2.24, 2.45) is 0 Å². The van der Waals surface area contributed by atoms with E-state index in [-0.39, 0.29) is 12.5 Å². The highest BCUT2D eigenvalue weighted by molar-refractivity contribution is 6.01. The van der Waals surface area contributed by atoms with Crippen LogP contribution in [0, 0.1) is 0 Å². The van der Waals surface area contributed by atoms with Gasteiger partial charge in [-0.05, 0) is 56.7 Å². The van der Waals surface area contributed by atoms with Crippen molar-refractivity contribution in [3.05, 3.63) is 60.2 Å². The van der Waals surface area contributed by atoms with Crippen LogP contribution < -0.4 is 14.4 Å². The number of anilines is 1. The van der Waals surface area contributed by atoms with Crippen LogP contribution in [0.1, 0.15) is 26.3 Å². The first-order chi connectivity index (χ1) is 11.9. The second kappa shape index (κ2) is 6.63. The molecule has 2 aromatic carbocycles. The van der Waals surface area contributed by atoms with Gasteiger partial charge in [0.2, 0.25) is 0 Å². The van der Waals surface area contributed by atoms with Crippen molar-refractivity contribution in [3.63, 3.8) is 0 Å². The Labute approximate surface area is 148 Å². The lowest BCUT2D eigenvalue weighted by Crippen LogP contribution is -2.50. The van der Waals surface area contributed by atoms with Crippen molar-refractivity contribution in [2.45, 2.75) is 26.3 Å². The van der Waals surface area contributed by atoms with E-state index in [0.717, 1.165) is 22.6 Å². The van der Waals surface area contributed by atoms with Crippen molar-refractivity contribution < 1.29 is 14.3 Å². The van der Waals surface area contributed by atoms with Gasteiger partial charge in [-0.25, -0.2) is 0 Å². The molecule has 0 N–H and O–H groups in total. The van der Waals surface area contributed by atoms with Gasteiger partial charge in [0.05, 0.1) is 18.3 Å². The molecule has 0 saturated heterocycles. The summed E-state index contributed by atoms with van der Waals surface area (Å²) in [4.78, 5) is 14.8. The summed E-state index contributed by atoms with van der Waals surface area (Å²) in [6, 6.07) is 15.2. The van der Waals surface area contributed by atoms with Crippen LogP contribution in [0.5, 0.6) is 11.5 Å². The first-order valence-corrected chi connectivity index (χ1v) is 8.31. The van der Waals surface area contributed by atoms with Gasteiger partial charge in [0, 0.05) is 5.56 Å². The van der Waals surface area contributed by atoms with Crippen LogP contribution in [0.25, 0.3) is 5.57 Å². The lowest BCUT2D eigenvalue weighted by atomic mass is 9.88. The predicted octanol–water partition coefficient (Wildman–Crippen LogP) is 4.30. The Kier molecular flexibility index (Phi) is 4.53. The van der Waals surface area contributed by atoms with E-state index >= 15 is 0 Å². The van der Waals surface area contributed by atoms with Gasteiger partial charge in [0.1, 0.15) is 11.5 Å². The fraction of sp³-hybridized carbons (Fsp3) is 0.286. The molecule has 130 valence electrons. The molecule has 4 heteroatoms. The molecule has 0 aromatic heterocycles. The van der Waals surface area contributed by atoms with E-state index in [0.29, 0.717) is 5.75 Å². The van der Waals surface area contributed by atoms with E-state index in [1.807, 2.05) is 62.4 Å². The summed E-state index contributed by atoms with van der Waals surface area (Å²) >= 11 is 0. The Balaban J connectivity index is 1.90. The molecule has 0 fully saturated rings. The number of benzene rings is 2. The average Bonchev–Trinajstić information content (AvgIpc) is 2.60. The highest BCUT2D eigenvalue weighted by Crippen LogP contribution is 2.40. The maximum absolute atomic E-state index is 13.0. The van der Waals surface area contributed by atoms with Crippen LogP contribution in [0.4, 0.5) is 5.69 Å². The number of carbonyl (C=O) groups excluding carboxylic acids is 1. The van der Waals surface area contributed by atoms with Gasteiger partial charge in [0.25, 0.3) is 5.91 Å². The SMILES string of the molecule is COc1ccc2c(c1)C(C)=CC(C)(C)N2C(=O)COc1ccccc1.